The number of halogens is 1. The van der Waals surface area contributed by atoms with Gasteiger partial charge in [0, 0.05) is 10.5 Å². The molecule has 2 aromatic carbocycles. The molecule has 0 N–H and O–H groups in total. The van der Waals surface area contributed by atoms with Gasteiger partial charge in [-0.25, -0.2) is 0 Å². The Hall–Kier alpha value is -1.32. The van der Waals surface area contributed by atoms with Gasteiger partial charge in [-0.05, 0) is 28.5 Å². The third kappa shape index (κ3) is 4.01. The number of hydrogen-bond donors (Lipinski definition) is 0. The molecule has 1 unspecified atom stereocenters. The zero-order valence-electron chi connectivity index (χ0n) is 12.5. The molecular weight excluding hydrogens is 372 g/mol. The van der Waals surface area contributed by atoms with E-state index in [0.717, 1.165) is 10.5 Å². The fraction of sp³-hybridized carbons (Fsp3) is 0.0625. The number of methoxy groups -OCH3 is 1. The fourth-order valence-corrected chi connectivity index (χ4v) is 6.81. The minimum Gasteiger partial charge on any atom is -0.496 e. The Labute approximate surface area is 147 Å². The molecule has 5 nitrogen and oxygen atoms in total. The standard InChI is InChI=1S/C16H13ClO5S2/c1-21-14-10-6-5-9-13(14)16-11-15(12-7-3-2-4-8-12)23-24(16)22-17(18,19)20/h2-11H,1H3. The van der Waals surface area contributed by atoms with E-state index in [-0.39, 0.29) is 0 Å². The van der Waals surface area contributed by atoms with Crippen molar-refractivity contribution >= 4 is 30.4 Å². The van der Waals surface area contributed by atoms with Gasteiger partial charge in [0.2, 0.25) is 0 Å². The van der Waals surface area contributed by atoms with E-state index >= 15 is 0 Å². The molecule has 0 fully saturated rings. The predicted octanol–water partition coefficient (Wildman–Crippen LogP) is 1.02. The zero-order chi connectivity index (χ0) is 17.2. The third-order valence-electron chi connectivity index (χ3n) is 3.17. The van der Waals surface area contributed by atoms with E-state index in [0.29, 0.717) is 16.2 Å². The van der Waals surface area contributed by atoms with E-state index in [1.54, 1.807) is 12.1 Å². The van der Waals surface area contributed by atoms with Gasteiger partial charge in [-0.15, -0.1) is 0 Å². The lowest BCUT2D eigenvalue weighted by Crippen LogP contribution is -2.60. The highest BCUT2D eigenvalue weighted by Gasteiger charge is 2.32. The minimum atomic E-state index is -4.54. The van der Waals surface area contributed by atoms with Gasteiger partial charge in [-0.3, -0.25) is 0 Å². The number of ether oxygens (including phenoxy) is 1. The number of rotatable bonds is 5. The van der Waals surface area contributed by atoms with Crippen LogP contribution in [-0.4, -0.2) is 12.0 Å². The van der Waals surface area contributed by atoms with Gasteiger partial charge in [-0.2, -0.15) is 14.0 Å². The van der Waals surface area contributed by atoms with Gasteiger partial charge in [0.15, 0.2) is 9.80 Å². The van der Waals surface area contributed by atoms with Crippen LogP contribution in [0.4, 0.5) is 0 Å². The van der Waals surface area contributed by atoms with Crippen LogP contribution in [0.1, 0.15) is 11.1 Å². The van der Waals surface area contributed by atoms with Crippen LogP contribution in [0.25, 0.3) is 4.91 Å². The van der Waals surface area contributed by atoms with Crippen LogP contribution >= 0.6 is 20.6 Å². The predicted molar refractivity (Wildman–Crippen MR) is 87.8 cm³/mol. The van der Waals surface area contributed by atoms with E-state index in [1.807, 2.05) is 48.5 Å². The summed E-state index contributed by atoms with van der Waals surface area (Å²) in [5.74, 6) is 0.583. The molecule has 8 heteroatoms. The first-order valence-corrected chi connectivity index (χ1v) is 10.5. The Morgan fingerprint density at radius 1 is 0.958 bits per heavy atom. The highest BCUT2D eigenvalue weighted by atomic mass is 35.7. The summed E-state index contributed by atoms with van der Waals surface area (Å²) in [5, 5.41) is 0. The summed E-state index contributed by atoms with van der Waals surface area (Å²) in [7, 11) is -3.08. The molecule has 126 valence electrons. The van der Waals surface area contributed by atoms with Crippen molar-refractivity contribution in [2.45, 2.75) is 0 Å². The van der Waals surface area contributed by atoms with Crippen molar-refractivity contribution in [3.8, 4) is 5.75 Å². The summed E-state index contributed by atoms with van der Waals surface area (Å²) in [4.78, 5) is 1.43. The Morgan fingerprint density at radius 2 is 1.62 bits per heavy atom. The van der Waals surface area contributed by atoms with Crippen LogP contribution in [0.15, 0.2) is 60.7 Å². The maximum absolute atomic E-state index is 11.1. The maximum Gasteiger partial charge on any atom is 0.180 e. The molecule has 0 saturated heterocycles. The summed E-state index contributed by atoms with van der Waals surface area (Å²) >= 11 is 0. The third-order valence-corrected chi connectivity index (χ3v) is 7.62. The molecule has 2 aromatic rings. The summed E-state index contributed by atoms with van der Waals surface area (Å²) in [6, 6.07) is 16.7. The average Bonchev–Trinajstić information content (AvgIpc) is 2.97. The largest absolute Gasteiger partial charge is 0.496 e. The van der Waals surface area contributed by atoms with Crippen LogP contribution in [0, 0.1) is 10.2 Å². The lowest BCUT2D eigenvalue weighted by atomic mass is 10.1. The van der Waals surface area contributed by atoms with Crippen LogP contribution in [0.5, 0.6) is 5.75 Å². The molecule has 1 aliphatic rings. The number of allylic oxidation sites excluding steroid dienone is 1. The maximum atomic E-state index is 11.1. The molecule has 0 aromatic heterocycles. The van der Waals surface area contributed by atoms with E-state index in [1.165, 1.54) is 17.9 Å². The van der Waals surface area contributed by atoms with Crippen LogP contribution in [0.3, 0.4) is 0 Å². The molecule has 0 bridgehead atoms. The highest BCUT2D eigenvalue weighted by Crippen LogP contribution is 2.52. The number of hydrogen-bond acceptors (Lipinski definition) is 6. The molecule has 24 heavy (non-hydrogen) atoms. The lowest BCUT2D eigenvalue weighted by molar-refractivity contribution is -1.91. The van der Waals surface area contributed by atoms with Gasteiger partial charge < -0.3 is 4.74 Å². The highest BCUT2D eigenvalue weighted by molar-refractivity contribution is 8.85. The van der Waals surface area contributed by atoms with Crippen molar-refractivity contribution in [1.82, 2.24) is 0 Å². The van der Waals surface area contributed by atoms with Crippen molar-refractivity contribution in [3.63, 3.8) is 0 Å². The molecule has 0 radical (unpaired) electrons. The van der Waals surface area contributed by atoms with Gasteiger partial charge in [-0.1, -0.05) is 48.5 Å². The Kier molecular flexibility index (Phi) is 5.31. The number of para-hydroxylation sites is 1. The van der Waals surface area contributed by atoms with Crippen LogP contribution in [-0.2, 0) is 3.74 Å². The first-order chi connectivity index (χ1) is 11.5. The SMILES string of the molecule is COc1ccccc1C1=S(O[Cl+3]([O-])([O-])[O-])SC(c2ccccc2)=C1. The van der Waals surface area contributed by atoms with E-state index in [2.05, 4.69) is 0 Å². The van der Waals surface area contributed by atoms with E-state index in [4.69, 9.17) is 8.47 Å². The van der Waals surface area contributed by atoms with Crippen molar-refractivity contribution in [2.24, 2.45) is 0 Å². The summed E-state index contributed by atoms with van der Waals surface area (Å²) in [6.45, 7) is 0. The average molecular weight is 385 g/mol. The Bertz CT molecular complexity index is 800. The fourth-order valence-electron chi connectivity index (χ4n) is 2.18. The zero-order valence-corrected chi connectivity index (χ0v) is 14.9. The minimum absolute atomic E-state index is 0.583. The monoisotopic (exact) mass is 384 g/mol. The summed E-state index contributed by atoms with van der Waals surface area (Å²) < 4.78 is 43.3. The van der Waals surface area contributed by atoms with Crippen LogP contribution in [0.2, 0.25) is 0 Å². The Morgan fingerprint density at radius 3 is 2.29 bits per heavy atom. The van der Waals surface area contributed by atoms with Crippen molar-refractivity contribution in [3.05, 3.63) is 71.8 Å². The molecule has 0 saturated carbocycles. The summed E-state index contributed by atoms with van der Waals surface area (Å²) in [5.41, 5.74) is 1.62. The van der Waals surface area contributed by atoms with Crippen LogP contribution < -0.4 is 18.7 Å². The molecule has 1 aliphatic heterocycles. The van der Waals surface area contributed by atoms with Crippen molar-refractivity contribution < 1.29 is 32.7 Å². The number of benzene rings is 2. The van der Waals surface area contributed by atoms with E-state index in [9.17, 15) is 14.0 Å². The topological polar surface area (TPSA) is 87.6 Å². The molecule has 1 atom stereocenters. The second-order valence-corrected chi connectivity index (χ2v) is 8.88. The van der Waals surface area contributed by atoms with E-state index < -0.39 is 20.0 Å². The van der Waals surface area contributed by atoms with Gasteiger partial charge >= 0.3 is 0 Å². The normalized spacial score (nSPS) is 17.8. The molecule has 1 heterocycles. The van der Waals surface area contributed by atoms with Gasteiger partial charge in [0.05, 0.1) is 22.2 Å². The van der Waals surface area contributed by atoms with Crippen molar-refractivity contribution in [2.75, 3.05) is 7.11 Å². The molecule has 3 rings (SSSR count). The molecular formula is C16H13ClO5S2. The quantitative estimate of drug-likeness (QED) is 0.565. The van der Waals surface area contributed by atoms with Crippen molar-refractivity contribution in [1.29, 1.82) is 0 Å². The first kappa shape index (κ1) is 17.5. The molecule has 0 aliphatic carbocycles. The molecule has 0 amide bonds. The second kappa shape index (κ2) is 7.28. The summed E-state index contributed by atoms with van der Waals surface area (Å²) in [6.07, 6.45) is 1.83. The Balaban J connectivity index is 2.06. The van der Waals surface area contributed by atoms with Gasteiger partial charge in [0.1, 0.15) is 9.49 Å². The first-order valence-electron chi connectivity index (χ1n) is 6.79. The lowest BCUT2D eigenvalue weighted by Gasteiger charge is -2.14. The smallest absolute Gasteiger partial charge is 0.180 e. The second-order valence-electron chi connectivity index (χ2n) is 4.70. The van der Waals surface area contributed by atoms with Gasteiger partial charge in [0.25, 0.3) is 0 Å². The molecule has 0 spiro atoms.